The van der Waals surface area contributed by atoms with E-state index < -0.39 is 10.8 Å². The lowest BCUT2D eigenvalue weighted by atomic mass is 10.1. The van der Waals surface area contributed by atoms with Crippen molar-refractivity contribution >= 4 is 22.5 Å². The van der Waals surface area contributed by atoms with E-state index in [0.29, 0.717) is 34.4 Å². The van der Waals surface area contributed by atoms with Gasteiger partial charge < -0.3 is 14.8 Å². The summed E-state index contributed by atoms with van der Waals surface area (Å²) in [6.45, 7) is 6.02. The summed E-state index contributed by atoms with van der Waals surface area (Å²) in [5.41, 5.74) is 1.66. The molecule has 0 radical (unpaired) electrons. The zero-order chi connectivity index (χ0) is 19.1. The number of hydrogen-bond donors (Lipinski definition) is 1. The molecule has 0 saturated heterocycles. The Kier molecular flexibility index (Phi) is 4.79. The number of anilines is 1. The second kappa shape index (κ2) is 6.75. The van der Waals surface area contributed by atoms with Gasteiger partial charge in [-0.05, 0) is 32.9 Å². The molecule has 1 amide bonds. The summed E-state index contributed by atoms with van der Waals surface area (Å²) in [6, 6.07) is 5.14. The lowest BCUT2D eigenvalue weighted by molar-refractivity contribution is 0.102. The Balaban J connectivity index is 2.02. The Morgan fingerprint density at radius 3 is 2.58 bits per heavy atom. The molecule has 1 atom stereocenters. The number of ether oxygens (including phenoxy) is 2. The van der Waals surface area contributed by atoms with Gasteiger partial charge in [-0.1, -0.05) is 6.07 Å². The number of nitrogens with one attached hydrogen (secondary N) is 1. The highest BCUT2D eigenvalue weighted by atomic mass is 32.2. The number of nitrogens with zero attached hydrogens (tertiary/aromatic N) is 2. The van der Waals surface area contributed by atoms with Gasteiger partial charge in [0.25, 0.3) is 5.91 Å². The van der Waals surface area contributed by atoms with E-state index in [0.717, 1.165) is 11.3 Å². The predicted octanol–water partition coefficient (Wildman–Crippen LogP) is 2.67. The molecule has 1 aromatic carbocycles. The molecule has 0 saturated carbocycles. The standard InChI is InChI=1S/C18H23N3O4S/c1-18(2,3)21-16(12-9-26(23)10-13(12)20-21)19-17(22)11-7-6-8-14(24-4)15(11)25-5/h6-8H,9-10H2,1-5H3,(H,19,22)/t26-/m0/s1. The summed E-state index contributed by atoms with van der Waals surface area (Å²) in [5, 5.41) is 7.54. The van der Waals surface area contributed by atoms with Crippen molar-refractivity contribution in [1.82, 2.24) is 9.78 Å². The minimum atomic E-state index is -0.976. The number of hydrogen-bond acceptors (Lipinski definition) is 5. The Bertz CT molecular complexity index is 883. The number of amides is 1. The van der Waals surface area contributed by atoms with Crippen molar-refractivity contribution in [3.63, 3.8) is 0 Å². The van der Waals surface area contributed by atoms with Crippen LogP contribution in [0.4, 0.5) is 5.82 Å². The van der Waals surface area contributed by atoms with E-state index in [-0.39, 0.29) is 11.4 Å². The Morgan fingerprint density at radius 1 is 1.23 bits per heavy atom. The molecule has 1 N–H and O–H groups in total. The first-order valence-electron chi connectivity index (χ1n) is 8.24. The number of aromatic nitrogens is 2. The number of benzene rings is 1. The van der Waals surface area contributed by atoms with E-state index in [1.54, 1.807) is 22.9 Å². The molecule has 0 spiro atoms. The van der Waals surface area contributed by atoms with Gasteiger partial charge in [-0.25, -0.2) is 4.68 Å². The lowest BCUT2D eigenvalue weighted by Gasteiger charge is -2.23. The van der Waals surface area contributed by atoms with E-state index in [4.69, 9.17) is 9.47 Å². The molecular weight excluding hydrogens is 354 g/mol. The third kappa shape index (κ3) is 3.21. The number of rotatable bonds is 4. The monoisotopic (exact) mass is 377 g/mol. The van der Waals surface area contributed by atoms with Gasteiger partial charge in [0.2, 0.25) is 0 Å². The van der Waals surface area contributed by atoms with E-state index in [1.807, 2.05) is 20.8 Å². The van der Waals surface area contributed by atoms with Gasteiger partial charge in [0.1, 0.15) is 5.82 Å². The zero-order valence-corrected chi connectivity index (χ0v) is 16.4. The second-order valence-electron chi connectivity index (χ2n) is 7.08. The molecule has 0 fully saturated rings. The molecule has 3 rings (SSSR count). The molecule has 1 aliphatic rings. The molecule has 0 aliphatic carbocycles. The molecule has 8 heteroatoms. The summed E-state index contributed by atoms with van der Waals surface area (Å²) < 4.78 is 24.3. The van der Waals surface area contributed by atoms with Crippen LogP contribution in [0.5, 0.6) is 11.5 Å². The van der Waals surface area contributed by atoms with Crippen LogP contribution in [0.3, 0.4) is 0 Å². The van der Waals surface area contributed by atoms with Crippen molar-refractivity contribution in [3.05, 3.63) is 35.0 Å². The highest BCUT2D eigenvalue weighted by molar-refractivity contribution is 7.83. The van der Waals surface area contributed by atoms with E-state index in [2.05, 4.69) is 10.4 Å². The third-order valence-electron chi connectivity index (χ3n) is 4.18. The zero-order valence-electron chi connectivity index (χ0n) is 15.6. The fourth-order valence-corrected chi connectivity index (χ4v) is 4.25. The van der Waals surface area contributed by atoms with Crippen molar-refractivity contribution < 1.29 is 18.5 Å². The van der Waals surface area contributed by atoms with Crippen LogP contribution in [0, 0.1) is 0 Å². The molecule has 2 heterocycles. The molecule has 0 unspecified atom stereocenters. The number of carbonyl (C=O) groups is 1. The molecule has 1 aliphatic heterocycles. The van der Waals surface area contributed by atoms with Gasteiger partial charge in [0.05, 0.1) is 42.5 Å². The van der Waals surface area contributed by atoms with Crippen molar-refractivity contribution in [1.29, 1.82) is 0 Å². The maximum Gasteiger partial charge on any atom is 0.260 e. The van der Waals surface area contributed by atoms with Gasteiger partial charge in [-0.15, -0.1) is 0 Å². The summed E-state index contributed by atoms with van der Waals surface area (Å²) in [7, 11) is 2.04. The minimum Gasteiger partial charge on any atom is -0.493 e. The quantitative estimate of drug-likeness (QED) is 0.886. The Labute approximate surface area is 155 Å². The van der Waals surface area contributed by atoms with Crippen molar-refractivity contribution in [2.75, 3.05) is 19.5 Å². The summed E-state index contributed by atoms with van der Waals surface area (Å²) >= 11 is 0. The first kappa shape index (κ1) is 18.4. The van der Waals surface area contributed by atoms with Crippen LogP contribution in [-0.4, -0.2) is 34.1 Å². The van der Waals surface area contributed by atoms with E-state index in [1.165, 1.54) is 14.2 Å². The lowest BCUT2D eigenvalue weighted by Crippen LogP contribution is -2.27. The van der Waals surface area contributed by atoms with Crippen LogP contribution in [0.15, 0.2) is 18.2 Å². The molecule has 1 aromatic heterocycles. The van der Waals surface area contributed by atoms with Crippen LogP contribution in [0.1, 0.15) is 42.4 Å². The van der Waals surface area contributed by atoms with Gasteiger partial charge in [-0.2, -0.15) is 5.10 Å². The Hall–Kier alpha value is -2.35. The summed E-state index contributed by atoms with van der Waals surface area (Å²) in [4.78, 5) is 13.0. The summed E-state index contributed by atoms with van der Waals surface area (Å²) in [5.74, 6) is 1.94. The number of fused-ring (bicyclic) bond motifs is 1. The smallest absolute Gasteiger partial charge is 0.260 e. The summed E-state index contributed by atoms with van der Waals surface area (Å²) in [6.07, 6.45) is 0. The number of methoxy groups -OCH3 is 2. The van der Waals surface area contributed by atoms with Gasteiger partial charge in [0.15, 0.2) is 11.5 Å². The second-order valence-corrected chi connectivity index (χ2v) is 8.54. The average molecular weight is 377 g/mol. The van der Waals surface area contributed by atoms with Crippen LogP contribution in [-0.2, 0) is 27.8 Å². The fraction of sp³-hybridized carbons (Fsp3) is 0.444. The molecule has 2 aromatic rings. The van der Waals surface area contributed by atoms with Crippen LogP contribution < -0.4 is 14.8 Å². The van der Waals surface area contributed by atoms with Crippen LogP contribution in [0.25, 0.3) is 0 Å². The third-order valence-corrected chi connectivity index (χ3v) is 5.39. The van der Waals surface area contributed by atoms with Gasteiger partial charge in [-0.3, -0.25) is 9.00 Å². The first-order chi connectivity index (χ1) is 12.3. The number of carbonyl (C=O) groups excluding carboxylic acids is 1. The SMILES string of the molecule is COc1cccc(C(=O)Nc2c3c(nn2C(C)(C)C)C[S@@](=O)C3)c1OC. The highest BCUT2D eigenvalue weighted by Crippen LogP contribution is 2.35. The molecule has 140 valence electrons. The Morgan fingerprint density at radius 2 is 1.96 bits per heavy atom. The number of para-hydroxylation sites is 1. The van der Waals surface area contributed by atoms with Crippen molar-refractivity contribution in [3.8, 4) is 11.5 Å². The van der Waals surface area contributed by atoms with Crippen LogP contribution in [0.2, 0.25) is 0 Å². The first-order valence-corrected chi connectivity index (χ1v) is 9.73. The van der Waals surface area contributed by atoms with E-state index in [9.17, 15) is 9.00 Å². The van der Waals surface area contributed by atoms with E-state index >= 15 is 0 Å². The predicted molar refractivity (Wildman–Crippen MR) is 100 cm³/mol. The molecule has 26 heavy (non-hydrogen) atoms. The maximum absolute atomic E-state index is 13.0. The average Bonchev–Trinajstić information content (AvgIpc) is 3.10. The minimum absolute atomic E-state index is 0.326. The van der Waals surface area contributed by atoms with Gasteiger partial charge in [0, 0.05) is 16.4 Å². The molecule has 7 nitrogen and oxygen atoms in total. The molecular formula is C18H23N3O4S. The fourth-order valence-electron chi connectivity index (χ4n) is 2.98. The van der Waals surface area contributed by atoms with Crippen molar-refractivity contribution in [2.24, 2.45) is 0 Å². The normalized spacial score (nSPS) is 16.3. The van der Waals surface area contributed by atoms with Gasteiger partial charge >= 0.3 is 0 Å². The largest absolute Gasteiger partial charge is 0.493 e. The van der Waals surface area contributed by atoms with Crippen molar-refractivity contribution in [2.45, 2.75) is 37.8 Å². The molecule has 0 bridgehead atoms. The van der Waals surface area contributed by atoms with Crippen LogP contribution >= 0.6 is 0 Å². The maximum atomic E-state index is 13.0. The topological polar surface area (TPSA) is 82.5 Å². The highest BCUT2D eigenvalue weighted by Gasteiger charge is 2.32.